The highest BCUT2D eigenvalue weighted by Gasteiger charge is 2.56. The predicted molar refractivity (Wildman–Crippen MR) is 34.6 cm³/mol. The van der Waals surface area contributed by atoms with Gasteiger partial charge in [0.05, 0.1) is 0 Å². The van der Waals surface area contributed by atoms with E-state index in [1.807, 2.05) is 0 Å². The largest absolute Gasteiger partial charge is 0.417 e. The van der Waals surface area contributed by atoms with Crippen LogP contribution >= 0.6 is 0 Å². The molecular weight excluding hydrogens is 173 g/mol. The second kappa shape index (κ2) is 2.73. The monoisotopic (exact) mass is 182 g/mol. The third kappa shape index (κ3) is 1.46. The third-order valence-corrected chi connectivity index (χ3v) is 2.07. The molecule has 1 saturated heterocycles. The Morgan fingerprint density at radius 3 is 2.42 bits per heavy atom. The highest BCUT2D eigenvalue weighted by Crippen LogP contribution is 2.42. The second-order valence-corrected chi connectivity index (χ2v) is 3.06. The lowest BCUT2D eigenvalue weighted by Gasteiger charge is -2.26. The quantitative estimate of drug-likeness (QED) is 0.577. The van der Waals surface area contributed by atoms with Crippen LogP contribution in [0.2, 0.25) is 0 Å². The Morgan fingerprint density at radius 1 is 1.58 bits per heavy atom. The molecule has 5 heteroatoms. The Kier molecular flexibility index (Phi) is 2.16. The van der Waals surface area contributed by atoms with Gasteiger partial charge in [0.2, 0.25) is 0 Å². The molecule has 12 heavy (non-hydrogen) atoms. The molecule has 1 aliphatic heterocycles. The first-order valence-electron chi connectivity index (χ1n) is 3.59. The van der Waals surface area contributed by atoms with E-state index < -0.39 is 17.9 Å². The van der Waals surface area contributed by atoms with E-state index in [2.05, 4.69) is 4.74 Å². The van der Waals surface area contributed by atoms with E-state index in [1.165, 1.54) is 0 Å². The Hall–Kier alpha value is -0.580. The smallest absolute Gasteiger partial charge is 0.355 e. The van der Waals surface area contributed by atoms with Gasteiger partial charge in [-0.1, -0.05) is 0 Å². The first kappa shape index (κ1) is 9.51. The number of carbonyl (C=O) groups is 1. The van der Waals surface area contributed by atoms with Gasteiger partial charge in [-0.2, -0.15) is 13.2 Å². The van der Waals surface area contributed by atoms with Crippen molar-refractivity contribution in [3.63, 3.8) is 0 Å². The SMILES string of the molecule is CC1(C(F)(F)F)CCC(C=O)O1. The minimum atomic E-state index is -4.38. The summed E-state index contributed by atoms with van der Waals surface area (Å²) in [6, 6.07) is 0. The molecule has 0 aromatic heterocycles. The topological polar surface area (TPSA) is 26.3 Å². The molecule has 2 atom stereocenters. The summed E-state index contributed by atoms with van der Waals surface area (Å²) < 4.78 is 41.2. The first-order chi connectivity index (χ1) is 5.39. The molecule has 70 valence electrons. The van der Waals surface area contributed by atoms with Crippen LogP contribution in [0.5, 0.6) is 0 Å². The molecule has 1 heterocycles. The average Bonchev–Trinajstić information content (AvgIpc) is 2.31. The van der Waals surface area contributed by atoms with Crippen LogP contribution in [-0.4, -0.2) is 24.2 Å². The van der Waals surface area contributed by atoms with E-state index >= 15 is 0 Å². The lowest BCUT2D eigenvalue weighted by atomic mass is 10.0. The number of hydrogen-bond donors (Lipinski definition) is 0. The lowest BCUT2D eigenvalue weighted by molar-refractivity contribution is -0.261. The Labute approximate surface area is 67.7 Å². The van der Waals surface area contributed by atoms with Gasteiger partial charge in [-0.05, 0) is 19.8 Å². The summed E-state index contributed by atoms with van der Waals surface area (Å²) in [6.45, 7) is 0.969. The lowest BCUT2D eigenvalue weighted by Crippen LogP contribution is -2.42. The molecular formula is C7H9F3O2. The van der Waals surface area contributed by atoms with Gasteiger partial charge in [-0.25, -0.2) is 0 Å². The van der Waals surface area contributed by atoms with E-state index in [9.17, 15) is 18.0 Å². The summed E-state index contributed by atoms with van der Waals surface area (Å²) in [5, 5.41) is 0. The van der Waals surface area contributed by atoms with E-state index in [-0.39, 0.29) is 12.8 Å². The molecule has 1 aliphatic rings. The van der Waals surface area contributed by atoms with Crippen molar-refractivity contribution >= 4 is 6.29 Å². The van der Waals surface area contributed by atoms with Crippen molar-refractivity contribution in [1.82, 2.24) is 0 Å². The molecule has 1 rings (SSSR count). The molecule has 2 nitrogen and oxygen atoms in total. The van der Waals surface area contributed by atoms with Crippen LogP contribution in [0, 0.1) is 0 Å². The number of halogens is 3. The molecule has 0 spiro atoms. The number of ether oxygens (including phenoxy) is 1. The Morgan fingerprint density at radius 2 is 2.17 bits per heavy atom. The van der Waals surface area contributed by atoms with Crippen LogP contribution in [0.1, 0.15) is 19.8 Å². The van der Waals surface area contributed by atoms with E-state index in [1.54, 1.807) is 0 Å². The summed E-state index contributed by atoms with van der Waals surface area (Å²) in [5.41, 5.74) is -2.13. The van der Waals surface area contributed by atoms with Crippen molar-refractivity contribution in [3.05, 3.63) is 0 Å². The number of alkyl halides is 3. The molecule has 2 unspecified atom stereocenters. The maximum Gasteiger partial charge on any atom is 0.417 e. The molecule has 0 aromatic rings. The summed E-state index contributed by atoms with van der Waals surface area (Å²) in [6.07, 6.45) is -4.85. The summed E-state index contributed by atoms with van der Waals surface area (Å²) in [4.78, 5) is 10.1. The van der Waals surface area contributed by atoms with Crippen molar-refractivity contribution in [2.24, 2.45) is 0 Å². The zero-order valence-electron chi connectivity index (χ0n) is 6.52. The van der Waals surface area contributed by atoms with Crippen LogP contribution in [-0.2, 0) is 9.53 Å². The number of rotatable bonds is 1. The van der Waals surface area contributed by atoms with Gasteiger partial charge in [0.1, 0.15) is 12.4 Å². The Balaban J connectivity index is 2.70. The maximum atomic E-state index is 12.2. The fraction of sp³-hybridized carbons (Fsp3) is 0.857. The van der Waals surface area contributed by atoms with Crippen molar-refractivity contribution in [1.29, 1.82) is 0 Å². The van der Waals surface area contributed by atoms with Gasteiger partial charge >= 0.3 is 6.18 Å². The maximum absolute atomic E-state index is 12.2. The highest BCUT2D eigenvalue weighted by molar-refractivity contribution is 5.56. The van der Waals surface area contributed by atoms with Crippen molar-refractivity contribution in [3.8, 4) is 0 Å². The summed E-state index contributed by atoms with van der Waals surface area (Å²) in [5.74, 6) is 0. The molecule has 0 bridgehead atoms. The average molecular weight is 182 g/mol. The van der Waals surface area contributed by atoms with E-state index in [0.29, 0.717) is 6.29 Å². The fourth-order valence-corrected chi connectivity index (χ4v) is 1.17. The standard InChI is InChI=1S/C7H9F3O2/c1-6(7(8,9)10)3-2-5(4-11)12-6/h4-5H,2-3H2,1H3. The molecule has 0 amide bonds. The number of aldehydes is 1. The van der Waals surface area contributed by atoms with E-state index in [0.717, 1.165) is 6.92 Å². The van der Waals surface area contributed by atoms with Gasteiger partial charge in [-0.3, -0.25) is 0 Å². The zero-order chi connectivity index (χ0) is 9.41. The molecule has 0 aromatic carbocycles. The molecule has 0 N–H and O–H groups in total. The van der Waals surface area contributed by atoms with E-state index in [4.69, 9.17) is 0 Å². The van der Waals surface area contributed by atoms with Gasteiger partial charge in [0.25, 0.3) is 0 Å². The second-order valence-electron chi connectivity index (χ2n) is 3.06. The third-order valence-electron chi connectivity index (χ3n) is 2.07. The van der Waals surface area contributed by atoms with Gasteiger partial charge in [0.15, 0.2) is 5.60 Å². The zero-order valence-corrected chi connectivity index (χ0v) is 6.52. The van der Waals surface area contributed by atoms with Crippen molar-refractivity contribution in [2.75, 3.05) is 0 Å². The van der Waals surface area contributed by atoms with Crippen LogP contribution in [0.25, 0.3) is 0 Å². The van der Waals surface area contributed by atoms with Crippen LogP contribution < -0.4 is 0 Å². The van der Waals surface area contributed by atoms with Crippen LogP contribution in [0.15, 0.2) is 0 Å². The molecule has 0 aliphatic carbocycles. The van der Waals surface area contributed by atoms with Crippen molar-refractivity contribution < 1.29 is 22.7 Å². The van der Waals surface area contributed by atoms with Gasteiger partial charge in [-0.15, -0.1) is 0 Å². The first-order valence-corrected chi connectivity index (χ1v) is 3.59. The molecule has 1 fully saturated rings. The molecule has 0 radical (unpaired) electrons. The number of hydrogen-bond acceptors (Lipinski definition) is 2. The normalized spacial score (nSPS) is 36.8. The van der Waals surface area contributed by atoms with Gasteiger partial charge < -0.3 is 9.53 Å². The van der Waals surface area contributed by atoms with Crippen molar-refractivity contribution in [2.45, 2.75) is 37.6 Å². The fourth-order valence-electron chi connectivity index (χ4n) is 1.17. The molecule has 0 saturated carbocycles. The van der Waals surface area contributed by atoms with Gasteiger partial charge in [0, 0.05) is 0 Å². The minimum absolute atomic E-state index is 0.139. The minimum Gasteiger partial charge on any atom is -0.355 e. The van der Waals surface area contributed by atoms with Crippen LogP contribution in [0.3, 0.4) is 0 Å². The predicted octanol–water partition coefficient (Wildman–Crippen LogP) is 1.69. The Bertz CT molecular complexity index is 190. The summed E-state index contributed by atoms with van der Waals surface area (Å²) in [7, 11) is 0. The highest BCUT2D eigenvalue weighted by atomic mass is 19.4. The van der Waals surface area contributed by atoms with Crippen LogP contribution in [0.4, 0.5) is 13.2 Å². The summed E-state index contributed by atoms with van der Waals surface area (Å²) >= 11 is 0. The number of carbonyl (C=O) groups excluding carboxylic acids is 1.